The maximum absolute atomic E-state index is 12.0. The van der Waals surface area contributed by atoms with Gasteiger partial charge in [0.05, 0.1) is 0 Å². The van der Waals surface area contributed by atoms with Gasteiger partial charge in [-0.25, -0.2) is 20.4 Å². The Labute approximate surface area is 245 Å². The fourth-order valence-electron chi connectivity index (χ4n) is 3.38. The van der Waals surface area contributed by atoms with Crippen molar-refractivity contribution in [2.75, 3.05) is 0 Å². The molecule has 0 saturated carbocycles. The van der Waals surface area contributed by atoms with Crippen LogP contribution in [0.5, 0.6) is 11.5 Å². The Morgan fingerprint density at radius 3 is 1.72 bits per heavy atom. The first kappa shape index (κ1) is 31.8. The fourth-order valence-corrected chi connectivity index (χ4v) is 3.38. The third-order valence-corrected chi connectivity index (χ3v) is 5.14. The van der Waals surface area contributed by atoms with E-state index in [4.69, 9.17) is 10.2 Å². The van der Waals surface area contributed by atoms with E-state index in [2.05, 4.69) is 75.4 Å². The molecule has 2 aliphatic rings. The number of aromatic hydroxyl groups is 2. The smallest absolute Gasteiger partial charge is 0.123 e. The summed E-state index contributed by atoms with van der Waals surface area (Å²) in [5.74, 6) is -0.483. The standard InChI is InChI=1S/C13H9.2C6H5FO.C6H7.C3H6.Zr/c1-3-7-12-10(5-1)9-11-6-2-4-8-13(11)12;2*7-5-1-3-6(8)4-2-5;1-6-4-2-3-5-6;1-3-2;/h1-5,7-8H,9H2;2*1-4,8H;4-5H,2H2,1H3;1-2H3;/q-1;;;-1;;+2. The number of phenolic OH excluding ortho intramolecular Hbond substituents is 2. The molecule has 4 aromatic carbocycles. The van der Waals surface area contributed by atoms with Crippen molar-refractivity contribution in [1.29, 1.82) is 0 Å². The van der Waals surface area contributed by atoms with Crippen LogP contribution in [0.25, 0.3) is 11.1 Å². The summed E-state index contributed by atoms with van der Waals surface area (Å²) in [6.45, 7) is 6.33. The molecule has 0 amide bonds. The molecule has 0 atom stereocenters. The van der Waals surface area contributed by atoms with E-state index in [9.17, 15) is 8.78 Å². The Morgan fingerprint density at radius 2 is 1.28 bits per heavy atom. The minimum atomic E-state index is -0.331. The van der Waals surface area contributed by atoms with Gasteiger partial charge in [0, 0.05) is 0 Å². The molecule has 39 heavy (non-hydrogen) atoms. The predicted octanol–water partition coefficient (Wildman–Crippen LogP) is 8.56. The van der Waals surface area contributed by atoms with Gasteiger partial charge in [-0.05, 0) is 55.0 Å². The molecular formula is C34H32F2O2Zr. The van der Waals surface area contributed by atoms with Gasteiger partial charge in [-0.3, -0.25) is 6.08 Å². The van der Waals surface area contributed by atoms with Crippen molar-refractivity contribution in [2.24, 2.45) is 0 Å². The maximum atomic E-state index is 12.0. The SMILES string of the molecule is CC1=CC[C-]=C1.C[C](C)=[Zr+2].Oc1ccc(F)cc1.Oc1ccc(F)cc1.[c-]1cccc2c1Cc1ccccc1-2. The molecule has 2 aliphatic carbocycles. The van der Waals surface area contributed by atoms with E-state index in [1.54, 1.807) is 24.2 Å². The topological polar surface area (TPSA) is 40.5 Å². The van der Waals surface area contributed by atoms with Crippen LogP contribution in [-0.2, 0) is 30.7 Å². The van der Waals surface area contributed by atoms with Crippen molar-refractivity contribution in [3.63, 3.8) is 0 Å². The van der Waals surface area contributed by atoms with Crippen molar-refractivity contribution < 1.29 is 43.2 Å². The van der Waals surface area contributed by atoms with E-state index in [1.807, 2.05) is 12.1 Å². The molecule has 0 aromatic heterocycles. The molecule has 0 aliphatic heterocycles. The quantitative estimate of drug-likeness (QED) is 0.175. The second-order valence-electron chi connectivity index (χ2n) is 8.85. The Balaban J connectivity index is 0.000000181. The first-order chi connectivity index (χ1) is 18.7. The van der Waals surface area contributed by atoms with Gasteiger partial charge in [-0.15, -0.1) is 18.9 Å². The first-order valence-electron chi connectivity index (χ1n) is 12.4. The summed E-state index contributed by atoms with van der Waals surface area (Å²) in [5.41, 5.74) is 6.85. The van der Waals surface area contributed by atoms with Gasteiger partial charge in [-0.2, -0.15) is 35.9 Å². The molecule has 0 heterocycles. The van der Waals surface area contributed by atoms with Crippen molar-refractivity contribution in [3.05, 3.63) is 144 Å². The second kappa shape index (κ2) is 17.2. The number of allylic oxidation sites excluding steroid dienone is 4. The van der Waals surface area contributed by atoms with Crippen molar-refractivity contribution in [1.82, 2.24) is 0 Å². The van der Waals surface area contributed by atoms with Crippen LogP contribution in [0.1, 0.15) is 38.3 Å². The zero-order valence-electron chi connectivity index (χ0n) is 22.4. The third kappa shape index (κ3) is 12.8. The van der Waals surface area contributed by atoms with Gasteiger partial charge in [0.15, 0.2) is 0 Å². The van der Waals surface area contributed by atoms with Gasteiger partial charge < -0.3 is 10.2 Å². The molecule has 5 heteroatoms. The fraction of sp³-hybridized carbons (Fsp3) is 0.147. The largest absolute Gasteiger partial charge is 0.508 e. The van der Waals surface area contributed by atoms with Crippen LogP contribution in [-0.4, -0.2) is 13.4 Å². The summed E-state index contributed by atoms with van der Waals surface area (Å²) in [7, 11) is 0. The first-order valence-corrected chi connectivity index (χ1v) is 13.6. The van der Waals surface area contributed by atoms with Crippen molar-refractivity contribution in [3.8, 4) is 22.6 Å². The number of fused-ring (bicyclic) bond motifs is 3. The molecule has 0 bridgehead atoms. The van der Waals surface area contributed by atoms with Gasteiger partial charge in [0.1, 0.15) is 23.1 Å². The van der Waals surface area contributed by atoms with Gasteiger partial charge in [0.25, 0.3) is 0 Å². The average Bonchev–Trinajstić information content (AvgIpc) is 3.55. The minimum Gasteiger partial charge on any atom is -0.508 e. The molecule has 4 aromatic rings. The van der Waals surface area contributed by atoms with Crippen LogP contribution in [0.2, 0.25) is 0 Å². The Bertz CT molecular complexity index is 1240. The Hall–Kier alpha value is -3.43. The van der Waals surface area contributed by atoms with Gasteiger partial charge in [0.2, 0.25) is 0 Å². The molecule has 198 valence electrons. The van der Waals surface area contributed by atoms with Crippen molar-refractivity contribution >= 4 is 3.21 Å². The summed E-state index contributed by atoms with van der Waals surface area (Å²) in [6.07, 6.45) is 9.29. The van der Waals surface area contributed by atoms with E-state index in [-0.39, 0.29) is 23.1 Å². The molecule has 0 radical (unpaired) electrons. The number of benzene rings is 4. The monoisotopic (exact) mass is 600 g/mol. The molecule has 0 fully saturated rings. The molecule has 0 saturated heterocycles. The molecule has 0 spiro atoms. The molecule has 0 unspecified atom stereocenters. The summed E-state index contributed by atoms with van der Waals surface area (Å²) in [5, 5.41) is 17.2. The Morgan fingerprint density at radius 1 is 0.769 bits per heavy atom. The molecular weight excluding hydrogens is 570 g/mol. The van der Waals surface area contributed by atoms with Crippen LogP contribution >= 0.6 is 0 Å². The van der Waals surface area contributed by atoms with E-state index < -0.39 is 0 Å². The van der Waals surface area contributed by atoms with Gasteiger partial charge >= 0.3 is 41.3 Å². The van der Waals surface area contributed by atoms with Crippen molar-refractivity contribution in [2.45, 2.75) is 33.6 Å². The number of hydrogen-bond acceptors (Lipinski definition) is 2. The van der Waals surface area contributed by atoms with E-state index in [0.717, 1.165) is 12.8 Å². The van der Waals surface area contributed by atoms with Crippen LogP contribution < -0.4 is 0 Å². The number of rotatable bonds is 0. The average molecular weight is 602 g/mol. The second-order valence-corrected chi connectivity index (χ2v) is 11.3. The molecule has 2 N–H and O–H groups in total. The normalized spacial score (nSPS) is 11.4. The van der Waals surface area contributed by atoms with E-state index in [1.165, 1.54) is 79.6 Å². The summed E-state index contributed by atoms with van der Waals surface area (Å²) in [6, 6.07) is 28.1. The molecule has 2 nitrogen and oxygen atoms in total. The van der Waals surface area contributed by atoms with Crippen LogP contribution in [0.4, 0.5) is 8.78 Å². The number of hydrogen-bond donors (Lipinski definition) is 2. The maximum Gasteiger partial charge on any atom is 0.123 e. The Kier molecular flexibility index (Phi) is 14.0. The summed E-state index contributed by atoms with van der Waals surface area (Å²) in [4.78, 5) is 0. The third-order valence-electron chi connectivity index (χ3n) is 5.14. The van der Waals surface area contributed by atoms with Crippen LogP contribution in [0, 0.1) is 23.8 Å². The van der Waals surface area contributed by atoms with E-state index in [0.29, 0.717) is 0 Å². The zero-order valence-corrected chi connectivity index (χ0v) is 24.8. The van der Waals surface area contributed by atoms with Crippen LogP contribution in [0.3, 0.4) is 0 Å². The summed E-state index contributed by atoms with van der Waals surface area (Å²) >= 11 is 1.55. The predicted molar refractivity (Wildman–Crippen MR) is 152 cm³/mol. The number of phenols is 2. The number of halogens is 2. The van der Waals surface area contributed by atoms with Gasteiger partial charge in [-0.1, -0.05) is 35.4 Å². The zero-order chi connectivity index (χ0) is 28.6. The van der Waals surface area contributed by atoms with Crippen LogP contribution in [0.15, 0.2) is 109 Å². The van der Waals surface area contributed by atoms with E-state index >= 15 is 0 Å². The minimum absolute atomic E-state index is 0.0893. The summed E-state index contributed by atoms with van der Waals surface area (Å²) < 4.78 is 25.5. The molecule has 6 rings (SSSR count).